The van der Waals surface area contributed by atoms with E-state index in [1.807, 2.05) is 20.8 Å². The molecular formula is C14H24O4. The third-order valence-corrected chi connectivity index (χ3v) is 3.92. The van der Waals surface area contributed by atoms with E-state index in [2.05, 4.69) is 0 Å². The second-order valence-corrected chi connectivity index (χ2v) is 6.17. The van der Waals surface area contributed by atoms with E-state index < -0.39 is 5.79 Å². The molecule has 0 N–H and O–H groups in total. The quantitative estimate of drug-likeness (QED) is 0.728. The fraction of sp³-hybridized carbons (Fsp3) is 0.929. The Kier molecular flexibility index (Phi) is 3.97. The summed E-state index contributed by atoms with van der Waals surface area (Å²) in [5, 5.41) is 0. The molecule has 1 aliphatic carbocycles. The van der Waals surface area contributed by atoms with Crippen molar-refractivity contribution in [2.75, 3.05) is 13.2 Å². The maximum absolute atomic E-state index is 12.1. The normalized spacial score (nSPS) is 30.1. The van der Waals surface area contributed by atoms with Gasteiger partial charge in [0.15, 0.2) is 5.79 Å². The molecule has 1 saturated heterocycles. The smallest absolute Gasteiger partial charge is 0.311 e. The van der Waals surface area contributed by atoms with Crippen LogP contribution in [0.15, 0.2) is 0 Å². The lowest BCUT2D eigenvalue weighted by Crippen LogP contribution is -2.34. The number of carbonyl (C=O) groups excluding carboxylic acids is 1. The van der Waals surface area contributed by atoms with Crippen LogP contribution in [0.5, 0.6) is 0 Å². The first kappa shape index (κ1) is 13.8. The molecule has 0 spiro atoms. The monoisotopic (exact) mass is 256 g/mol. The lowest BCUT2D eigenvalue weighted by molar-refractivity contribution is -0.167. The molecule has 104 valence electrons. The highest BCUT2D eigenvalue weighted by Crippen LogP contribution is 2.37. The van der Waals surface area contributed by atoms with E-state index in [4.69, 9.17) is 14.2 Å². The minimum absolute atomic E-state index is 0.0736. The molecule has 4 nitrogen and oxygen atoms in total. The van der Waals surface area contributed by atoms with Crippen molar-refractivity contribution in [1.29, 1.82) is 0 Å². The summed E-state index contributed by atoms with van der Waals surface area (Å²) in [4.78, 5) is 12.1. The van der Waals surface area contributed by atoms with E-state index in [1.54, 1.807) is 0 Å². The average molecular weight is 256 g/mol. The Labute approximate surface area is 109 Å². The topological polar surface area (TPSA) is 44.8 Å². The second kappa shape index (κ2) is 5.17. The van der Waals surface area contributed by atoms with Gasteiger partial charge in [0, 0.05) is 0 Å². The third-order valence-electron chi connectivity index (χ3n) is 3.92. The highest BCUT2D eigenvalue weighted by molar-refractivity contribution is 5.76. The van der Waals surface area contributed by atoms with Gasteiger partial charge in [-0.2, -0.15) is 0 Å². The van der Waals surface area contributed by atoms with Crippen LogP contribution in [0.2, 0.25) is 0 Å². The fourth-order valence-corrected chi connectivity index (χ4v) is 2.72. The third kappa shape index (κ3) is 3.23. The van der Waals surface area contributed by atoms with E-state index in [9.17, 15) is 4.79 Å². The van der Waals surface area contributed by atoms with Crippen molar-refractivity contribution in [1.82, 2.24) is 0 Å². The zero-order valence-electron chi connectivity index (χ0n) is 11.7. The number of rotatable bonds is 3. The maximum atomic E-state index is 12.1. The highest BCUT2D eigenvalue weighted by Gasteiger charge is 2.38. The Morgan fingerprint density at radius 3 is 2.44 bits per heavy atom. The van der Waals surface area contributed by atoms with Crippen molar-refractivity contribution in [2.45, 2.75) is 64.8 Å². The van der Waals surface area contributed by atoms with Crippen LogP contribution in [0.4, 0.5) is 0 Å². The summed E-state index contributed by atoms with van der Waals surface area (Å²) in [6.07, 6.45) is 5.25. The number of esters is 1. The van der Waals surface area contributed by atoms with Crippen LogP contribution < -0.4 is 0 Å². The van der Waals surface area contributed by atoms with Crippen LogP contribution in [0, 0.1) is 5.41 Å². The summed E-state index contributed by atoms with van der Waals surface area (Å²) in [6.45, 7) is 6.56. The second-order valence-electron chi connectivity index (χ2n) is 6.17. The molecule has 18 heavy (non-hydrogen) atoms. The van der Waals surface area contributed by atoms with E-state index in [0.717, 1.165) is 25.7 Å². The van der Waals surface area contributed by atoms with Crippen molar-refractivity contribution in [3.63, 3.8) is 0 Å². The molecule has 2 aliphatic rings. The zero-order valence-corrected chi connectivity index (χ0v) is 11.7. The van der Waals surface area contributed by atoms with Crippen molar-refractivity contribution >= 4 is 5.97 Å². The molecule has 1 heterocycles. The lowest BCUT2D eigenvalue weighted by atomic mass is 9.76. The molecule has 2 rings (SSSR count). The van der Waals surface area contributed by atoms with Crippen LogP contribution in [0.1, 0.15) is 52.9 Å². The van der Waals surface area contributed by atoms with Crippen LogP contribution in [0.25, 0.3) is 0 Å². The van der Waals surface area contributed by atoms with Crippen LogP contribution in [0.3, 0.4) is 0 Å². The summed E-state index contributed by atoms with van der Waals surface area (Å²) in [7, 11) is 0. The Morgan fingerprint density at radius 2 is 1.89 bits per heavy atom. The number of hydrogen-bond donors (Lipinski definition) is 0. The van der Waals surface area contributed by atoms with Gasteiger partial charge in [-0.25, -0.2) is 0 Å². The molecule has 1 atom stereocenters. The number of carbonyl (C=O) groups is 1. The lowest BCUT2D eigenvalue weighted by Gasteiger charge is -2.31. The first-order chi connectivity index (χ1) is 8.41. The maximum Gasteiger partial charge on any atom is 0.311 e. The van der Waals surface area contributed by atoms with Crippen molar-refractivity contribution in [3.05, 3.63) is 0 Å². The van der Waals surface area contributed by atoms with Gasteiger partial charge in [0.2, 0.25) is 0 Å². The van der Waals surface area contributed by atoms with Gasteiger partial charge in [0.25, 0.3) is 0 Å². The van der Waals surface area contributed by atoms with Crippen LogP contribution >= 0.6 is 0 Å². The van der Waals surface area contributed by atoms with Crippen LogP contribution in [-0.2, 0) is 19.0 Å². The molecule has 4 heteroatoms. The number of ether oxygens (including phenoxy) is 3. The van der Waals surface area contributed by atoms with Crippen molar-refractivity contribution < 1.29 is 19.0 Å². The van der Waals surface area contributed by atoms with Gasteiger partial charge in [0.05, 0.1) is 12.0 Å². The van der Waals surface area contributed by atoms with Gasteiger partial charge in [-0.05, 0) is 33.6 Å². The van der Waals surface area contributed by atoms with Crippen molar-refractivity contribution in [2.24, 2.45) is 5.41 Å². The Bertz CT molecular complexity index is 305. The van der Waals surface area contributed by atoms with E-state index >= 15 is 0 Å². The average Bonchev–Trinajstić information content (AvgIpc) is 2.67. The van der Waals surface area contributed by atoms with Gasteiger partial charge in [-0.3, -0.25) is 4.79 Å². The summed E-state index contributed by atoms with van der Waals surface area (Å²) < 4.78 is 16.5. The molecule has 1 unspecified atom stereocenters. The molecule has 0 aromatic carbocycles. The molecule has 0 bridgehead atoms. The van der Waals surface area contributed by atoms with E-state index in [-0.39, 0.29) is 17.5 Å². The Balaban J connectivity index is 1.78. The minimum atomic E-state index is -0.550. The molecule has 2 fully saturated rings. The predicted octanol–water partition coefficient (Wildman–Crippen LogP) is 2.65. The molecule has 1 saturated carbocycles. The molecule has 1 aliphatic heterocycles. The van der Waals surface area contributed by atoms with Gasteiger partial charge < -0.3 is 14.2 Å². The van der Waals surface area contributed by atoms with Crippen LogP contribution in [-0.4, -0.2) is 31.1 Å². The van der Waals surface area contributed by atoms with E-state index in [1.165, 1.54) is 6.42 Å². The highest BCUT2D eigenvalue weighted by atomic mass is 16.7. The molecular weight excluding hydrogens is 232 g/mol. The first-order valence-corrected chi connectivity index (χ1v) is 6.90. The molecule has 0 amide bonds. The molecule has 0 aromatic heterocycles. The summed E-state index contributed by atoms with van der Waals surface area (Å²) in [5.41, 5.74) is -0.284. The summed E-state index contributed by atoms with van der Waals surface area (Å²) in [5.74, 6) is -0.623. The molecule has 0 radical (unpaired) electrons. The predicted molar refractivity (Wildman–Crippen MR) is 67.1 cm³/mol. The van der Waals surface area contributed by atoms with Gasteiger partial charge in [-0.15, -0.1) is 0 Å². The van der Waals surface area contributed by atoms with Gasteiger partial charge in [0.1, 0.15) is 12.7 Å². The zero-order chi connectivity index (χ0) is 13.2. The Morgan fingerprint density at radius 1 is 1.22 bits per heavy atom. The SMILES string of the molecule is CC1(C)OCC(COC(=O)C2(C)CCCCC2)O1. The van der Waals surface area contributed by atoms with Crippen molar-refractivity contribution in [3.8, 4) is 0 Å². The molecule has 0 aromatic rings. The van der Waals surface area contributed by atoms with E-state index in [0.29, 0.717) is 13.2 Å². The summed E-state index contributed by atoms with van der Waals surface area (Å²) in [6, 6.07) is 0. The van der Waals surface area contributed by atoms with Gasteiger partial charge >= 0.3 is 5.97 Å². The number of hydrogen-bond acceptors (Lipinski definition) is 4. The summed E-state index contributed by atoms with van der Waals surface area (Å²) >= 11 is 0. The Hall–Kier alpha value is -0.610. The fourth-order valence-electron chi connectivity index (χ4n) is 2.72. The first-order valence-electron chi connectivity index (χ1n) is 6.90. The standard InChI is InChI=1S/C14H24O4/c1-13(2)17-10-11(18-13)9-16-12(15)14(3)7-5-4-6-8-14/h11H,4-10H2,1-3H3. The largest absolute Gasteiger partial charge is 0.462 e. The minimum Gasteiger partial charge on any atom is -0.462 e. The van der Waals surface area contributed by atoms with Gasteiger partial charge in [-0.1, -0.05) is 19.3 Å².